The molecule has 0 saturated carbocycles. The van der Waals surface area contributed by atoms with Gasteiger partial charge in [-0.15, -0.1) is 0 Å². The first-order chi connectivity index (χ1) is 5.61. The van der Waals surface area contributed by atoms with Crippen LogP contribution in [0.4, 0.5) is 0 Å². The molecule has 2 unspecified atom stereocenters. The number of carbonyl (C=O) groups is 1. The van der Waals surface area contributed by atoms with Gasteiger partial charge in [0, 0.05) is 0 Å². The summed E-state index contributed by atoms with van der Waals surface area (Å²) in [7, 11) is 1.69. The Morgan fingerprint density at radius 2 is 2.08 bits per heavy atom. The van der Waals surface area contributed by atoms with Crippen molar-refractivity contribution in [1.82, 2.24) is 5.32 Å². The topological polar surface area (TPSA) is 49.3 Å². The molecule has 0 amide bonds. The van der Waals surface area contributed by atoms with E-state index in [0.717, 1.165) is 19.3 Å². The average Bonchev–Trinajstić information content (AvgIpc) is 2.04. The van der Waals surface area contributed by atoms with E-state index in [1.807, 2.05) is 0 Å². The van der Waals surface area contributed by atoms with Gasteiger partial charge in [0.05, 0.1) is 0 Å². The van der Waals surface area contributed by atoms with Crippen LogP contribution < -0.4 is 5.32 Å². The molecule has 0 heterocycles. The second-order valence-electron chi connectivity index (χ2n) is 3.27. The molecule has 0 rings (SSSR count). The minimum atomic E-state index is -0.749. The molecule has 12 heavy (non-hydrogen) atoms. The molecule has 0 saturated heterocycles. The highest BCUT2D eigenvalue weighted by atomic mass is 16.4. The molecule has 0 fully saturated rings. The van der Waals surface area contributed by atoms with Crippen molar-refractivity contribution in [3.05, 3.63) is 0 Å². The summed E-state index contributed by atoms with van der Waals surface area (Å²) < 4.78 is 0. The van der Waals surface area contributed by atoms with E-state index in [9.17, 15) is 4.79 Å². The van der Waals surface area contributed by atoms with E-state index >= 15 is 0 Å². The van der Waals surface area contributed by atoms with E-state index in [2.05, 4.69) is 19.2 Å². The van der Waals surface area contributed by atoms with Crippen LogP contribution >= 0.6 is 0 Å². The third-order valence-electron chi connectivity index (χ3n) is 2.29. The van der Waals surface area contributed by atoms with Gasteiger partial charge >= 0.3 is 5.97 Å². The van der Waals surface area contributed by atoms with Crippen molar-refractivity contribution in [3.8, 4) is 0 Å². The Morgan fingerprint density at radius 3 is 2.42 bits per heavy atom. The van der Waals surface area contributed by atoms with Gasteiger partial charge < -0.3 is 10.4 Å². The molecular formula is C9H19NO2. The van der Waals surface area contributed by atoms with Gasteiger partial charge in [0.15, 0.2) is 0 Å². The van der Waals surface area contributed by atoms with Crippen molar-refractivity contribution >= 4 is 5.97 Å². The number of aliphatic carboxylic acids is 1. The van der Waals surface area contributed by atoms with Gasteiger partial charge in [-0.2, -0.15) is 0 Å². The summed E-state index contributed by atoms with van der Waals surface area (Å²) in [5, 5.41) is 11.5. The fraction of sp³-hybridized carbons (Fsp3) is 0.889. The van der Waals surface area contributed by atoms with E-state index in [4.69, 9.17) is 5.11 Å². The fourth-order valence-electron chi connectivity index (χ4n) is 1.05. The summed E-state index contributed by atoms with van der Waals surface area (Å²) in [6.45, 7) is 4.27. The van der Waals surface area contributed by atoms with Gasteiger partial charge in [0.2, 0.25) is 0 Å². The minimum Gasteiger partial charge on any atom is -0.480 e. The van der Waals surface area contributed by atoms with Crippen LogP contribution in [0.3, 0.4) is 0 Å². The summed E-state index contributed by atoms with van der Waals surface area (Å²) in [6.07, 6.45) is 2.82. The van der Waals surface area contributed by atoms with Crippen molar-refractivity contribution in [1.29, 1.82) is 0 Å². The lowest BCUT2D eigenvalue weighted by Gasteiger charge is -2.13. The zero-order valence-electron chi connectivity index (χ0n) is 8.13. The van der Waals surface area contributed by atoms with Crippen LogP contribution in [-0.4, -0.2) is 24.2 Å². The molecule has 3 heteroatoms. The van der Waals surface area contributed by atoms with Crippen LogP contribution in [0.25, 0.3) is 0 Å². The number of carboxylic acid groups (broad SMARTS) is 1. The van der Waals surface area contributed by atoms with E-state index in [1.54, 1.807) is 7.05 Å². The molecule has 0 aliphatic heterocycles. The minimum absolute atomic E-state index is 0.376. The Hall–Kier alpha value is -0.570. The zero-order chi connectivity index (χ0) is 9.56. The standard InChI is InChI=1S/C9H19NO2/c1-4-7(2)5-6-8(10-3)9(11)12/h7-8,10H,4-6H2,1-3H3,(H,11,12). The lowest BCUT2D eigenvalue weighted by molar-refractivity contribution is -0.139. The summed E-state index contributed by atoms with van der Waals surface area (Å²) >= 11 is 0. The molecule has 0 aromatic carbocycles. The monoisotopic (exact) mass is 173 g/mol. The van der Waals surface area contributed by atoms with Gasteiger partial charge in [-0.3, -0.25) is 4.79 Å². The molecule has 0 aliphatic carbocycles. The Bertz CT molecular complexity index is 136. The van der Waals surface area contributed by atoms with Gasteiger partial charge in [-0.25, -0.2) is 0 Å². The Kier molecular flexibility index (Phi) is 5.72. The first kappa shape index (κ1) is 11.4. The molecule has 0 radical (unpaired) electrons. The normalized spacial score (nSPS) is 15.6. The van der Waals surface area contributed by atoms with Crippen molar-refractivity contribution in [2.45, 2.75) is 39.2 Å². The van der Waals surface area contributed by atoms with Gasteiger partial charge in [-0.05, 0) is 25.8 Å². The van der Waals surface area contributed by atoms with Crippen molar-refractivity contribution in [2.24, 2.45) is 5.92 Å². The van der Waals surface area contributed by atoms with Crippen LogP contribution in [0.5, 0.6) is 0 Å². The lowest BCUT2D eigenvalue weighted by atomic mass is 9.99. The van der Waals surface area contributed by atoms with Crippen molar-refractivity contribution < 1.29 is 9.90 Å². The smallest absolute Gasteiger partial charge is 0.320 e. The first-order valence-corrected chi connectivity index (χ1v) is 4.51. The lowest BCUT2D eigenvalue weighted by Crippen LogP contribution is -2.33. The van der Waals surface area contributed by atoms with Crippen LogP contribution in [0.1, 0.15) is 33.1 Å². The highest BCUT2D eigenvalue weighted by Gasteiger charge is 2.14. The van der Waals surface area contributed by atoms with Crippen molar-refractivity contribution in [2.75, 3.05) is 7.05 Å². The molecule has 0 aromatic heterocycles. The van der Waals surface area contributed by atoms with Crippen LogP contribution in [0.2, 0.25) is 0 Å². The molecule has 3 nitrogen and oxygen atoms in total. The molecule has 0 bridgehead atoms. The number of rotatable bonds is 6. The molecule has 72 valence electrons. The van der Waals surface area contributed by atoms with Crippen LogP contribution in [-0.2, 0) is 4.79 Å². The van der Waals surface area contributed by atoms with Gasteiger partial charge in [0.1, 0.15) is 6.04 Å². The van der Waals surface area contributed by atoms with Gasteiger partial charge in [0.25, 0.3) is 0 Å². The Morgan fingerprint density at radius 1 is 1.50 bits per heavy atom. The number of hydrogen-bond donors (Lipinski definition) is 2. The maximum Gasteiger partial charge on any atom is 0.320 e. The average molecular weight is 173 g/mol. The number of hydrogen-bond acceptors (Lipinski definition) is 2. The third kappa shape index (κ3) is 4.34. The fourth-order valence-corrected chi connectivity index (χ4v) is 1.05. The molecule has 0 aromatic rings. The van der Waals surface area contributed by atoms with E-state index in [-0.39, 0.29) is 6.04 Å². The second-order valence-corrected chi connectivity index (χ2v) is 3.27. The highest BCUT2D eigenvalue weighted by molar-refractivity contribution is 5.73. The van der Waals surface area contributed by atoms with Gasteiger partial charge in [-0.1, -0.05) is 20.3 Å². The molecular weight excluding hydrogens is 154 g/mol. The Balaban J connectivity index is 3.65. The first-order valence-electron chi connectivity index (χ1n) is 4.51. The molecule has 0 spiro atoms. The van der Waals surface area contributed by atoms with E-state index in [0.29, 0.717) is 5.92 Å². The predicted molar refractivity (Wildman–Crippen MR) is 49.2 cm³/mol. The second kappa shape index (κ2) is 6.00. The van der Waals surface area contributed by atoms with Crippen LogP contribution in [0.15, 0.2) is 0 Å². The number of carboxylic acids is 1. The SMILES string of the molecule is CCC(C)CCC(NC)C(=O)O. The largest absolute Gasteiger partial charge is 0.480 e. The quantitative estimate of drug-likeness (QED) is 0.639. The predicted octanol–water partition coefficient (Wildman–Crippen LogP) is 1.49. The third-order valence-corrected chi connectivity index (χ3v) is 2.29. The molecule has 2 atom stereocenters. The maximum atomic E-state index is 10.6. The zero-order valence-corrected chi connectivity index (χ0v) is 8.13. The summed E-state index contributed by atoms with van der Waals surface area (Å²) in [5.41, 5.74) is 0. The summed E-state index contributed by atoms with van der Waals surface area (Å²) in [5.74, 6) is -0.124. The van der Waals surface area contributed by atoms with E-state index in [1.165, 1.54) is 0 Å². The maximum absolute atomic E-state index is 10.6. The number of likely N-dealkylation sites (N-methyl/N-ethyl adjacent to an activating group) is 1. The van der Waals surface area contributed by atoms with E-state index < -0.39 is 5.97 Å². The molecule has 0 aliphatic rings. The Labute approximate surface area is 74.2 Å². The highest BCUT2D eigenvalue weighted by Crippen LogP contribution is 2.11. The number of nitrogens with one attached hydrogen (secondary N) is 1. The van der Waals surface area contributed by atoms with Crippen molar-refractivity contribution in [3.63, 3.8) is 0 Å². The van der Waals surface area contributed by atoms with Crippen LogP contribution in [0, 0.1) is 5.92 Å². The molecule has 2 N–H and O–H groups in total. The summed E-state index contributed by atoms with van der Waals surface area (Å²) in [4.78, 5) is 10.6. The summed E-state index contributed by atoms with van der Waals surface area (Å²) in [6, 6.07) is -0.376.